The van der Waals surface area contributed by atoms with Crippen LogP contribution < -0.4 is 4.90 Å². The van der Waals surface area contributed by atoms with E-state index in [1.807, 2.05) is 39.5 Å². The number of carbonyl (C=O) groups excluding carboxylic acids is 1. The minimum Gasteiger partial charge on any atom is -0.444 e. The number of aromatic nitrogens is 3. The van der Waals surface area contributed by atoms with Crippen molar-refractivity contribution in [2.45, 2.75) is 51.2 Å². The monoisotopic (exact) mass is 565 g/mol. The molecule has 11 heteroatoms. The average molecular weight is 566 g/mol. The van der Waals surface area contributed by atoms with Crippen molar-refractivity contribution in [2.75, 3.05) is 24.5 Å². The van der Waals surface area contributed by atoms with Gasteiger partial charge in [0.1, 0.15) is 23.6 Å². The number of hydrogen-bond acceptors (Lipinski definition) is 7. The van der Waals surface area contributed by atoms with Crippen LogP contribution in [-0.2, 0) is 14.8 Å². The Hall–Kier alpha value is -3.99. The number of fused-ring (bicyclic) bond motifs is 1. The van der Waals surface area contributed by atoms with Gasteiger partial charge in [0.15, 0.2) is 5.65 Å². The van der Waals surface area contributed by atoms with Gasteiger partial charge >= 0.3 is 6.09 Å². The summed E-state index contributed by atoms with van der Waals surface area (Å²) in [6.45, 7) is 10.5. The van der Waals surface area contributed by atoms with Crippen molar-refractivity contribution in [3.8, 4) is 11.1 Å². The van der Waals surface area contributed by atoms with E-state index in [9.17, 15) is 13.2 Å². The van der Waals surface area contributed by atoms with Crippen LogP contribution in [0.1, 0.15) is 33.3 Å². The number of rotatable bonds is 4. The number of nitrogens with zero attached hydrogens (tertiary/aromatic N) is 5. The van der Waals surface area contributed by atoms with Gasteiger partial charge in [0.25, 0.3) is 10.0 Å². The lowest BCUT2D eigenvalue weighted by atomic mass is 10.0. The Bertz CT molecular complexity index is 1680. The quantitative estimate of drug-likeness (QED) is 0.334. The molecule has 0 bridgehead atoms. The number of aryl methyl sites for hydroxylation is 1. The van der Waals surface area contributed by atoms with E-state index in [1.165, 1.54) is 18.6 Å². The molecule has 2 aromatic heterocycles. The van der Waals surface area contributed by atoms with Gasteiger partial charge in [0.05, 0.1) is 10.3 Å². The lowest BCUT2D eigenvalue weighted by Gasteiger charge is -2.41. The van der Waals surface area contributed by atoms with E-state index < -0.39 is 27.5 Å². The summed E-state index contributed by atoms with van der Waals surface area (Å²) < 4.78 is 49.4. The van der Waals surface area contributed by atoms with Gasteiger partial charge in [-0.25, -0.2) is 31.5 Å². The van der Waals surface area contributed by atoms with Gasteiger partial charge in [-0.15, -0.1) is 0 Å². The second-order valence-corrected chi connectivity index (χ2v) is 12.8. The highest BCUT2D eigenvalue weighted by atomic mass is 32.2. The number of halogens is 1. The van der Waals surface area contributed by atoms with E-state index in [1.54, 1.807) is 47.4 Å². The predicted octanol–water partition coefficient (Wildman–Crippen LogP) is 5.23. The summed E-state index contributed by atoms with van der Waals surface area (Å²) in [5.74, 6) is -0.0238. The van der Waals surface area contributed by atoms with Crippen LogP contribution in [0.5, 0.6) is 0 Å². The van der Waals surface area contributed by atoms with Crippen LogP contribution in [0.25, 0.3) is 22.2 Å². The van der Waals surface area contributed by atoms with Crippen LogP contribution in [0.15, 0.2) is 66.0 Å². The van der Waals surface area contributed by atoms with Gasteiger partial charge in [0.2, 0.25) is 0 Å². The minimum atomic E-state index is -4.06. The molecule has 1 aliphatic heterocycles. The molecule has 0 saturated carbocycles. The first kappa shape index (κ1) is 27.6. The molecule has 1 amide bonds. The molecule has 0 aliphatic carbocycles. The van der Waals surface area contributed by atoms with E-state index in [-0.39, 0.29) is 22.1 Å². The number of anilines is 1. The fraction of sp³-hybridized carbons (Fsp3) is 0.345. The van der Waals surface area contributed by atoms with E-state index in [0.29, 0.717) is 36.4 Å². The van der Waals surface area contributed by atoms with Gasteiger partial charge in [-0.2, -0.15) is 0 Å². The molecule has 9 nitrogen and oxygen atoms in total. The SMILES string of the molecule is Cc1ccc(S(=O)(=O)n2cc(-c3ccccc3F)c3c(N4CCN(C(=O)OC(C)(C)C)C[C@@H]4C)ncnc32)cc1. The van der Waals surface area contributed by atoms with Crippen molar-refractivity contribution in [3.63, 3.8) is 0 Å². The Labute approximate surface area is 233 Å². The van der Waals surface area contributed by atoms with Crippen LogP contribution in [0.3, 0.4) is 0 Å². The molecule has 1 fully saturated rings. The maximum absolute atomic E-state index is 15.1. The summed E-state index contributed by atoms with van der Waals surface area (Å²) >= 11 is 0. The molecule has 0 N–H and O–H groups in total. The van der Waals surface area contributed by atoms with E-state index in [0.717, 1.165) is 9.54 Å². The summed E-state index contributed by atoms with van der Waals surface area (Å²) in [5.41, 5.74) is 1.05. The molecule has 1 aliphatic rings. The van der Waals surface area contributed by atoms with E-state index in [4.69, 9.17) is 4.74 Å². The smallest absolute Gasteiger partial charge is 0.410 e. The van der Waals surface area contributed by atoms with Gasteiger partial charge in [0, 0.05) is 43.0 Å². The Morgan fingerprint density at radius 3 is 2.38 bits per heavy atom. The maximum Gasteiger partial charge on any atom is 0.410 e. The number of amides is 1. The van der Waals surface area contributed by atoms with Crippen molar-refractivity contribution >= 4 is 33.0 Å². The summed E-state index contributed by atoms with van der Waals surface area (Å²) in [5, 5.41) is 0.417. The maximum atomic E-state index is 15.1. The molecule has 210 valence electrons. The van der Waals surface area contributed by atoms with Gasteiger partial charge < -0.3 is 14.5 Å². The summed E-state index contributed by atoms with van der Waals surface area (Å²) in [7, 11) is -4.06. The zero-order valence-corrected chi connectivity index (χ0v) is 23.9. The van der Waals surface area contributed by atoms with Crippen LogP contribution in [0, 0.1) is 12.7 Å². The molecular weight excluding hydrogens is 533 g/mol. The molecule has 5 rings (SSSR count). The summed E-state index contributed by atoms with van der Waals surface area (Å²) in [6, 6.07) is 12.6. The van der Waals surface area contributed by atoms with Crippen LogP contribution in [-0.4, -0.2) is 64.6 Å². The number of piperazine rings is 1. The second-order valence-electron chi connectivity index (χ2n) is 11.0. The van der Waals surface area contributed by atoms with Gasteiger partial charge in [-0.1, -0.05) is 35.9 Å². The average Bonchev–Trinajstić information content (AvgIpc) is 3.29. The zero-order valence-electron chi connectivity index (χ0n) is 23.1. The molecule has 40 heavy (non-hydrogen) atoms. The summed E-state index contributed by atoms with van der Waals surface area (Å²) in [6.07, 6.45) is 2.34. The number of hydrogen-bond donors (Lipinski definition) is 0. The molecule has 0 radical (unpaired) electrons. The molecule has 0 unspecified atom stereocenters. The third-order valence-corrected chi connectivity index (χ3v) is 8.49. The first-order valence-electron chi connectivity index (χ1n) is 13.0. The van der Waals surface area contributed by atoms with Crippen molar-refractivity contribution in [1.29, 1.82) is 0 Å². The highest BCUT2D eigenvalue weighted by Gasteiger charge is 2.33. The Morgan fingerprint density at radius 2 is 1.73 bits per heavy atom. The lowest BCUT2D eigenvalue weighted by Crippen LogP contribution is -2.54. The van der Waals surface area contributed by atoms with Crippen molar-refractivity contribution in [3.05, 3.63) is 72.4 Å². The normalized spacial score (nSPS) is 16.4. The molecule has 2 aromatic carbocycles. The molecule has 0 spiro atoms. The Morgan fingerprint density at radius 1 is 1.02 bits per heavy atom. The second kappa shape index (κ2) is 10.2. The Kier molecular flexibility index (Phi) is 7.03. The predicted molar refractivity (Wildman–Crippen MR) is 151 cm³/mol. The van der Waals surface area contributed by atoms with Gasteiger partial charge in [-0.3, -0.25) is 0 Å². The molecule has 1 saturated heterocycles. The molecule has 1 atom stereocenters. The van der Waals surface area contributed by atoms with Crippen molar-refractivity contribution in [2.24, 2.45) is 0 Å². The minimum absolute atomic E-state index is 0.0922. The number of ether oxygens (including phenoxy) is 1. The topological polar surface area (TPSA) is 97.6 Å². The Balaban J connectivity index is 1.63. The van der Waals surface area contributed by atoms with Crippen molar-refractivity contribution in [1.82, 2.24) is 18.8 Å². The third-order valence-electron chi connectivity index (χ3n) is 6.82. The number of benzene rings is 2. The van der Waals surface area contributed by atoms with Crippen LogP contribution >= 0.6 is 0 Å². The van der Waals surface area contributed by atoms with Crippen LogP contribution in [0.4, 0.5) is 15.0 Å². The van der Waals surface area contributed by atoms with E-state index in [2.05, 4.69) is 9.97 Å². The first-order chi connectivity index (χ1) is 18.9. The molecular formula is C29H32FN5O4S. The highest BCUT2D eigenvalue weighted by molar-refractivity contribution is 7.90. The fourth-order valence-corrected chi connectivity index (χ4v) is 6.21. The highest BCUT2D eigenvalue weighted by Crippen LogP contribution is 2.39. The first-order valence-corrected chi connectivity index (χ1v) is 14.5. The zero-order chi connectivity index (χ0) is 28.8. The standard InChI is InChI=1S/C29H32FN5O4S/c1-19-10-12-21(13-11-19)40(37,38)35-17-23(22-8-6-7-9-24(22)30)25-26(31-18-32-27(25)35)34-15-14-33(16-20(34)2)28(36)39-29(3,4)5/h6-13,17-18,20H,14-16H2,1-5H3/t20-/m0/s1. The fourth-order valence-electron chi connectivity index (χ4n) is 4.89. The number of carbonyl (C=O) groups is 1. The third kappa shape index (κ3) is 5.13. The van der Waals surface area contributed by atoms with Gasteiger partial charge in [-0.05, 0) is 52.8 Å². The summed E-state index contributed by atoms with van der Waals surface area (Å²) in [4.78, 5) is 25.4. The van der Waals surface area contributed by atoms with Crippen molar-refractivity contribution < 1.29 is 22.3 Å². The largest absolute Gasteiger partial charge is 0.444 e. The van der Waals surface area contributed by atoms with Crippen LogP contribution in [0.2, 0.25) is 0 Å². The van der Waals surface area contributed by atoms with E-state index >= 15 is 4.39 Å². The molecule has 4 aromatic rings. The molecule has 3 heterocycles. The lowest BCUT2D eigenvalue weighted by molar-refractivity contribution is 0.0218.